The van der Waals surface area contributed by atoms with Crippen LogP contribution in [-0.4, -0.2) is 18.6 Å². The second kappa shape index (κ2) is 5.38. The molecule has 1 aliphatic heterocycles. The van der Waals surface area contributed by atoms with E-state index in [-0.39, 0.29) is 12.0 Å². The molecule has 17 heavy (non-hydrogen) atoms. The highest BCUT2D eigenvalue weighted by Gasteiger charge is 2.21. The molecule has 1 aromatic carbocycles. The van der Waals surface area contributed by atoms with E-state index in [1.807, 2.05) is 0 Å². The molecule has 3 N–H and O–H groups in total. The average Bonchev–Trinajstić information content (AvgIpc) is 2.35. The van der Waals surface area contributed by atoms with Crippen molar-refractivity contribution in [2.24, 2.45) is 0 Å². The van der Waals surface area contributed by atoms with E-state index in [2.05, 4.69) is 5.32 Å². The maximum absolute atomic E-state index is 11.9. The van der Waals surface area contributed by atoms with Gasteiger partial charge in [0.25, 0.3) is 5.91 Å². The standard InChI is InChI=1S/C12H15ClN2O2/c13-9-7-8(4-5-10(9)14)15-12(16)11-3-1-2-6-17-11/h4-5,7,11H,1-3,6,14H2,(H,15,16). The van der Waals surface area contributed by atoms with Gasteiger partial charge in [-0.15, -0.1) is 0 Å². The number of nitrogen functional groups attached to an aromatic ring is 1. The third-order valence-electron chi connectivity index (χ3n) is 2.74. The first kappa shape index (κ1) is 12.2. The highest BCUT2D eigenvalue weighted by atomic mass is 35.5. The smallest absolute Gasteiger partial charge is 0.253 e. The Bertz CT molecular complexity index is 417. The molecule has 1 aromatic rings. The normalized spacial score (nSPS) is 19.9. The van der Waals surface area contributed by atoms with Gasteiger partial charge >= 0.3 is 0 Å². The molecular weight excluding hydrogens is 240 g/mol. The van der Waals surface area contributed by atoms with Gasteiger partial charge in [0.05, 0.1) is 10.7 Å². The topological polar surface area (TPSA) is 64.3 Å². The second-order valence-electron chi connectivity index (χ2n) is 4.08. The molecule has 1 heterocycles. The zero-order valence-corrected chi connectivity index (χ0v) is 10.2. The Kier molecular flexibility index (Phi) is 3.86. The summed E-state index contributed by atoms with van der Waals surface area (Å²) in [4.78, 5) is 11.9. The van der Waals surface area contributed by atoms with Crippen LogP contribution in [0.1, 0.15) is 19.3 Å². The average molecular weight is 255 g/mol. The van der Waals surface area contributed by atoms with Gasteiger partial charge in [0.1, 0.15) is 6.10 Å². The third kappa shape index (κ3) is 3.11. The van der Waals surface area contributed by atoms with Crippen LogP contribution in [0.25, 0.3) is 0 Å². The van der Waals surface area contributed by atoms with Crippen LogP contribution in [0.15, 0.2) is 18.2 Å². The van der Waals surface area contributed by atoms with Crippen LogP contribution in [0.2, 0.25) is 5.02 Å². The quantitative estimate of drug-likeness (QED) is 0.797. The number of nitrogens with two attached hydrogens (primary N) is 1. The minimum absolute atomic E-state index is 0.120. The number of hydrogen-bond donors (Lipinski definition) is 2. The second-order valence-corrected chi connectivity index (χ2v) is 4.49. The van der Waals surface area contributed by atoms with Crippen LogP contribution in [0, 0.1) is 0 Å². The maximum Gasteiger partial charge on any atom is 0.253 e. The van der Waals surface area contributed by atoms with Gasteiger partial charge in [0, 0.05) is 12.3 Å². The Morgan fingerprint density at radius 2 is 2.29 bits per heavy atom. The van der Waals surface area contributed by atoms with Crippen molar-refractivity contribution in [3.8, 4) is 0 Å². The molecule has 2 rings (SSSR count). The number of hydrogen-bond acceptors (Lipinski definition) is 3. The number of benzene rings is 1. The van der Waals surface area contributed by atoms with Crippen LogP contribution >= 0.6 is 11.6 Å². The summed E-state index contributed by atoms with van der Waals surface area (Å²) >= 11 is 5.88. The first-order valence-electron chi connectivity index (χ1n) is 5.64. The molecule has 1 fully saturated rings. The number of ether oxygens (including phenoxy) is 1. The molecule has 1 unspecified atom stereocenters. The molecule has 4 nitrogen and oxygen atoms in total. The lowest BCUT2D eigenvalue weighted by Crippen LogP contribution is -2.33. The summed E-state index contributed by atoms with van der Waals surface area (Å²) in [5.74, 6) is -0.120. The van der Waals surface area contributed by atoms with Crippen molar-refractivity contribution < 1.29 is 9.53 Å². The Balaban J connectivity index is 1.99. The molecule has 5 heteroatoms. The van der Waals surface area contributed by atoms with Crippen molar-refractivity contribution >= 4 is 28.9 Å². The van der Waals surface area contributed by atoms with Crippen LogP contribution in [0.4, 0.5) is 11.4 Å². The van der Waals surface area contributed by atoms with Crippen molar-refractivity contribution in [1.82, 2.24) is 0 Å². The fraction of sp³-hybridized carbons (Fsp3) is 0.417. The van der Waals surface area contributed by atoms with Gasteiger partial charge in [-0.1, -0.05) is 11.6 Å². The lowest BCUT2D eigenvalue weighted by atomic mass is 10.1. The number of carbonyl (C=O) groups is 1. The fourth-order valence-corrected chi connectivity index (χ4v) is 1.96. The summed E-state index contributed by atoms with van der Waals surface area (Å²) < 4.78 is 5.40. The number of rotatable bonds is 2. The lowest BCUT2D eigenvalue weighted by Gasteiger charge is -2.21. The molecule has 0 spiro atoms. The maximum atomic E-state index is 11.9. The summed E-state index contributed by atoms with van der Waals surface area (Å²) in [6.07, 6.45) is 2.48. The fourth-order valence-electron chi connectivity index (χ4n) is 1.78. The zero-order chi connectivity index (χ0) is 12.3. The van der Waals surface area contributed by atoms with E-state index >= 15 is 0 Å². The van der Waals surface area contributed by atoms with Crippen molar-refractivity contribution in [2.45, 2.75) is 25.4 Å². The Morgan fingerprint density at radius 1 is 1.47 bits per heavy atom. The van der Waals surface area contributed by atoms with Crippen molar-refractivity contribution in [3.05, 3.63) is 23.2 Å². The number of carbonyl (C=O) groups excluding carboxylic acids is 1. The van der Waals surface area contributed by atoms with Gasteiger partial charge in [0.15, 0.2) is 0 Å². The van der Waals surface area contributed by atoms with E-state index in [1.165, 1.54) is 0 Å². The van der Waals surface area contributed by atoms with Gasteiger partial charge in [-0.3, -0.25) is 4.79 Å². The number of nitrogens with one attached hydrogen (secondary N) is 1. The molecule has 0 aliphatic carbocycles. The predicted octanol–water partition coefficient (Wildman–Crippen LogP) is 2.43. The van der Waals surface area contributed by atoms with Crippen molar-refractivity contribution in [2.75, 3.05) is 17.7 Å². The monoisotopic (exact) mass is 254 g/mol. The number of halogens is 1. The van der Waals surface area contributed by atoms with Crippen LogP contribution in [-0.2, 0) is 9.53 Å². The van der Waals surface area contributed by atoms with Crippen molar-refractivity contribution in [1.29, 1.82) is 0 Å². The lowest BCUT2D eigenvalue weighted by molar-refractivity contribution is -0.129. The molecule has 1 atom stereocenters. The predicted molar refractivity (Wildman–Crippen MR) is 68.1 cm³/mol. The van der Waals surface area contributed by atoms with Gasteiger partial charge in [-0.05, 0) is 37.5 Å². The van der Waals surface area contributed by atoms with Crippen LogP contribution < -0.4 is 11.1 Å². The first-order chi connectivity index (χ1) is 8.16. The highest BCUT2D eigenvalue weighted by molar-refractivity contribution is 6.33. The van der Waals surface area contributed by atoms with Gasteiger partial charge in [-0.25, -0.2) is 0 Å². The highest BCUT2D eigenvalue weighted by Crippen LogP contribution is 2.23. The van der Waals surface area contributed by atoms with Gasteiger partial charge in [-0.2, -0.15) is 0 Å². The van der Waals surface area contributed by atoms with E-state index in [0.29, 0.717) is 23.0 Å². The molecule has 1 saturated heterocycles. The number of anilines is 2. The molecule has 0 saturated carbocycles. The molecule has 1 aliphatic rings. The van der Waals surface area contributed by atoms with Gasteiger partial charge in [0.2, 0.25) is 0 Å². The third-order valence-corrected chi connectivity index (χ3v) is 3.07. The van der Waals surface area contributed by atoms with E-state index in [4.69, 9.17) is 22.1 Å². The molecule has 0 aromatic heterocycles. The van der Waals surface area contributed by atoms with E-state index in [9.17, 15) is 4.79 Å². The van der Waals surface area contributed by atoms with Crippen molar-refractivity contribution in [3.63, 3.8) is 0 Å². The molecule has 1 amide bonds. The first-order valence-corrected chi connectivity index (χ1v) is 6.02. The zero-order valence-electron chi connectivity index (χ0n) is 9.41. The molecule has 0 radical (unpaired) electrons. The Labute approximate surface area is 105 Å². The summed E-state index contributed by atoms with van der Waals surface area (Å²) in [7, 11) is 0. The molecule has 0 bridgehead atoms. The van der Waals surface area contributed by atoms with E-state index in [1.54, 1.807) is 18.2 Å². The SMILES string of the molecule is Nc1ccc(NC(=O)C2CCCCO2)cc1Cl. The summed E-state index contributed by atoms with van der Waals surface area (Å²) in [6, 6.07) is 5.03. The summed E-state index contributed by atoms with van der Waals surface area (Å²) in [6.45, 7) is 0.653. The van der Waals surface area contributed by atoms with E-state index in [0.717, 1.165) is 19.3 Å². The van der Waals surface area contributed by atoms with E-state index < -0.39 is 0 Å². The minimum Gasteiger partial charge on any atom is -0.398 e. The Morgan fingerprint density at radius 3 is 2.94 bits per heavy atom. The largest absolute Gasteiger partial charge is 0.398 e. The minimum atomic E-state index is -0.347. The molecule has 92 valence electrons. The summed E-state index contributed by atoms with van der Waals surface area (Å²) in [5.41, 5.74) is 6.73. The number of amides is 1. The van der Waals surface area contributed by atoms with Crippen LogP contribution in [0.3, 0.4) is 0 Å². The van der Waals surface area contributed by atoms with Crippen LogP contribution in [0.5, 0.6) is 0 Å². The molecular formula is C12H15ClN2O2. The Hall–Kier alpha value is -1.26. The summed E-state index contributed by atoms with van der Waals surface area (Å²) in [5, 5.41) is 3.21. The van der Waals surface area contributed by atoms with Gasteiger partial charge < -0.3 is 15.8 Å².